The van der Waals surface area contributed by atoms with Crippen molar-refractivity contribution in [3.05, 3.63) is 76.3 Å². The predicted octanol–water partition coefficient (Wildman–Crippen LogP) is 4.74. The van der Waals surface area contributed by atoms with Crippen LogP contribution in [0.5, 0.6) is 0 Å². The Morgan fingerprint density at radius 2 is 1.89 bits per heavy atom. The highest BCUT2D eigenvalue weighted by atomic mass is 35.5. The summed E-state index contributed by atoms with van der Waals surface area (Å²) in [6.45, 7) is 0.549. The van der Waals surface area contributed by atoms with Crippen LogP contribution in [0.15, 0.2) is 65.8 Å². The molecule has 1 fully saturated rings. The maximum atomic E-state index is 13.4. The van der Waals surface area contributed by atoms with E-state index in [9.17, 15) is 9.59 Å². The molecule has 28 heavy (non-hydrogen) atoms. The Bertz CT molecular complexity index is 947. The maximum Gasteiger partial charge on any atom is 0.258 e. The van der Waals surface area contributed by atoms with Crippen molar-refractivity contribution in [1.29, 1.82) is 0 Å². The summed E-state index contributed by atoms with van der Waals surface area (Å²) in [5.74, 6) is -0.144. The van der Waals surface area contributed by atoms with Gasteiger partial charge in [0, 0.05) is 31.9 Å². The van der Waals surface area contributed by atoms with Crippen LogP contribution >= 0.6 is 11.6 Å². The van der Waals surface area contributed by atoms with E-state index in [1.165, 1.54) is 6.08 Å². The summed E-state index contributed by atoms with van der Waals surface area (Å²) in [5, 5.41) is 0.535. The molecule has 3 rings (SSSR count). The van der Waals surface area contributed by atoms with E-state index in [2.05, 4.69) is 0 Å². The van der Waals surface area contributed by atoms with Crippen LogP contribution in [-0.4, -0.2) is 32.8 Å². The van der Waals surface area contributed by atoms with Gasteiger partial charge in [0.15, 0.2) is 0 Å². The minimum Gasteiger partial charge on any atom is -0.378 e. The zero-order valence-electron chi connectivity index (χ0n) is 16.1. The minimum absolute atomic E-state index is 0.144. The lowest BCUT2D eigenvalue weighted by Crippen LogP contribution is -2.31. The lowest BCUT2D eigenvalue weighted by molar-refractivity contribution is -0.114. The largest absolute Gasteiger partial charge is 0.378 e. The number of nitrogens with zero attached hydrogens (tertiary/aromatic N) is 2. The Kier molecular flexibility index (Phi) is 6.32. The van der Waals surface area contributed by atoms with E-state index in [1.54, 1.807) is 11.0 Å². The normalized spacial score (nSPS) is 17.7. The van der Waals surface area contributed by atoms with Crippen LogP contribution in [0.25, 0.3) is 6.08 Å². The number of rotatable bonds is 4. The molecule has 0 aliphatic carbocycles. The first-order valence-corrected chi connectivity index (χ1v) is 9.59. The number of hydrogen-bond acceptors (Lipinski definition) is 3. The molecule has 0 atom stereocenters. The lowest BCUT2D eigenvalue weighted by Gasteiger charge is -2.22. The third kappa shape index (κ3) is 4.34. The topological polar surface area (TPSA) is 40.6 Å². The van der Waals surface area contributed by atoms with Crippen molar-refractivity contribution in [2.24, 2.45) is 0 Å². The molecular weight excluding hydrogens is 372 g/mol. The number of anilines is 2. The first-order chi connectivity index (χ1) is 13.5. The number of benzene rings is 2. The summed E-state index contributed by atoms with van der Waals surface area (Å²) < 4.78 is 0. The van der Waals surface area contributed by atoms with Crippen molar-refractivity contribution in [1.82, 2.24) is 0 Å². The second kappa shape index (κ2) is 8.89. The Hall–Kier alpha value is -2.85. The molecule has 1 aliphatic rings. The van der Waals surface area contributed by atoms with Crippen molar-refractivity contribution >= 4 is 41.2 Å². The first kappa shape index (κ1) is 19.9. The molecule has 2 aromatic carbocycles. The number of para-hydroxylation sites is 1. The summed E-state index contributed by atoms with van der Waals surface area (Å²) in [6, 6.07) is 15.3. The van der Waals surface area contributed by atoms with Crippen LogP contribution in [0.2, 0.25) is 5.02 Å². The number of amides is 1. The fourth-order valence-electron chi connectivity index (χ4n) is 3.32. The molecule has 0 spiro atoms. The zero-order valence-corrected chi connectivity index (χ0v) is 16.8. The van der Waals surface area contributed by atoms with Gasteiger partial charge in [0.2, 0.25) is 0 Å². The molecule has 4 nitrogen and oxygen atoms in total. The highest BCUT2D eigenvalue weighted by Crippen LogP contribution is 2.32. The Morgan fingerprint density at radius 1 is 1.11 bits per heavy atom. The van der Waals surface area contributed by atoms with Crippen LogP contribution in [0, 0.1) is 0 Å². The number of carbonyl (C=O) groups excluding carboxylic acids is 2. The van der Waals surface area contributed by atoms with Crippen LogP contribution < -0.4 is 9.80 Å². The number of aldehydes is 1. The van der Waals surface area contributed by atoms with Crippen LogP contribution in [0.4, 0.5) is 11.4 Å². The van der Waals surface area contributed by atoms with E-state index < -0.39 is 0 Å². The highest BCUT2D eigenvalue weighted by molar-refractivity contribution is 6.34. The number of halogens is 1. The van der Waals surface area contributed by atoms with Crippen molar-refractivity contribution in [3.63, 3.8) is 0 Å². The molecule has 0 unspecified atom stereocenters. The maximum absolute atomic E-state index is 13.4. The fraction of sp³-hybridized carbons (Fsp3) is 0.217. The molecule has 1 heterocycles. The molecule has 1 saturated heterocycles. The number of allylic oxidation sites excluding steroid dienone is 1. The van der Waals surface area contributed by atoms with Gasteiger partial charge in [0.05, 0.1) is 10.7 Å². The summed E-state index contributed by atoms with van der Waals surface area (Å²) in [4.78, 5) is 28.3. The number of hydrogen-bond donors (Lipinski definition) is 0. The first-order valence-electron chi connectivity index (χ1n) is 9.21. The summed E-state index contributed by atoms with van der Waals surface area (Å²) in [7, 11) is 3.94. The Morgan fingerprint density at radius 3 is 2.61 bits per heavy atom. The summed E-state index contributed by atoms with van der Waals surface area (Å²) in [5.41, 5.74) is 3.92. The molecular formula is C23H23ClN2O2. The predicted molar refractivity (Wildman–Crippen MR) is 116 cm³/mol. The SMILES string of the molecule is CN(C)c1cccc(/C=C2\C(=O)N(c3ccccc3Cl)CCC\C2=C\C=O)c1. The van der Waals surface area contributed by atoms with Gasteiger partial charge in [-0.05, 0) is 60.4 Å². The van der Waals surface area contributed by atoms with Gasteiger partial charge in [-0.2, -0.15) is 0 Å². The molecule has 0 N–H and O–H groups in total. The average Bonchev–Trinajstić information content (AvgIpc) is 2.83. The van der Waals surface area contributed by atoms with Gasteiger partial charge in [0.1, 0.15) is 6.29 Å². The zero-order chi connectivity index (χ0) is 20.1. The lowest BCUT2D eigenvalue weighted by atomic mass is 9.98. The van der Waals surface area contributed by atoms with Crippen molar-refractivity contribution in [3.8, 4) is 0 Å². The van der Waals surface area contributed by atoms with Crippen molar-refractivity contribution in [2.75, 3.05) is 30.4 Å². The van der Waals surface area contributed by atoms with Gasteiger partial charge in [-0.25, -0.2) is 0 Å². The summed E-state index contributed by atoms with van der Waals surface area (Å²) >= 11 is 6.35. The van der Waals surface area contributed by atoms with E-state index in [4.69, 9.17) is 11.6 Å². The molecule has 144 valence electrons. The van der Waals surface area contributed by atoms with E-state index >= 15 is 0 Å². The quantitative estimate of drug-likeness (QED) is 0.555. The standard InChI is InChI=1S/C23H23ClN2O2/c1-25(2)19-9-5-7-17(15-19)16-20-18(12-14-27)8-6-13-26(23(20)28)22-11-4-3-10-21(22)24/h3-5,7,9-12,14-16H,6,8,13H2,1-2H3/b18-12-,20-16-. The van der Waals surface area contributed by atoms with Gasteiger partial charge in [-0.3, -0.25) is 9.59 Å². The fourth-order valence-corrected chi connectivity index (χ4v) is 3.55. The molecule has 0 aromatic heterocycles. The smallest absolute Gasteiger partial charge is 0.258 e. The van der Waals surface area contributed by atoms with Crippen molar-refractivity contribution in [2.45, 2.75) is 12.8 Å². The minimum atomic E-state index is -0.144. The second-order valence-electron chi connectivity index (χ2n) is 6.89. The molecule has 1 aliphatic heterocycles. The van der Waals surface area contributed by atoms with Gasteiger partial charge < -0.3 is 9.80 Å². The van der Waals surface area contributed by atoms with Crippen LogP contribution in [-0.2, 0) is 9.59 Å². The van der Waals surface area contributed by atoms with Gasteiger partial charge in [0.25, 0.3) is 5.91 Å². The molecule has 2 aromatic rings. The molecule has 0 radical (unpaired) electrons. The molecule has 0 saturated carbocycles. The second-order valence-corrected chi connectivity index (χ2v) is 7.29. The summed E-state index contributed by atoms with van der Waals surface area (Å²) in [6.07, 6.45) is 5.52. The van der Waals surface area contributed by atoms with Gasteiger partial charge in [-0.15, -0.1) is 0 Å². The van der Waals surface area contributed by atoms with E-state index in [0.717, 1.165) is 29.5 Å². The van der Waals surface area contributed by atoms with E-state index in [0.29, 0.717) is 29.2 Å². The Balaban J connectivity index is 2.09. The van der Waals surface area contributed by atoms with Crippen LogP contribution in [0.1, 0.15) is 18.4 Å². The monoisotopic (exact) mass is 394 g/mol. The van der Waals surface area contributed by atoms with E-state index in [1.807, 2.05) is 67.5 Å². The van der Waals surface area contributed by atoms with Gasteiger partial charge in [-0.1, -0.05) is 35.9 Å². The van der Waals surface area contributed by atoms with Crippen LogP contribution in [0.3, 0.4) is 0 Å². The molecule has 0 bridgehead atoms. The van der Waals surface area contributed by atoms with Crippen molar-refractivity contribution < 1.29 is 9.59 Å². The third-order valence-corrected chi connectivity index (χ3v) is 5.08. The van der Waals surface area contributed by atoms with Gasteiger partial charge >= 0.3 is 0 Å². The third-order valence-electron chi connectivity index (χ3n) is 4.76. The van der Waals surface area contributed by atoms with E-state index in [-0.39, 0.29) is 5.91 Å². The molecule has 1 amide bonds. The Labute approximate surface area is 170 Å². The number of carbonyl (C=O) groups is 2. The molecule has 5 heteroatoms. The average molecular weight is 395 g/mol. The highest BCUT2D eigenvalue weighted by Gasteiger charge is 2.27.